The monoisotopic (exact) mass is 427 g/mol. The van der Waals surface area contributed by atoms with Gasteiger partial charge in [-0.15, -0.1) is 0 Å². The number of alkyl halides is 5. The van der Waals surface area contributed by atoms with E-state index in [-0.39, 0.29) is 22.9 Å². The van der Waals surface area contributed by atoms with Crippen molar-refractivity contribution in [2.24, 2.45) is 0 Å². The van der Waals surface area contributed by atoms with E-state index in [4.69, 9.17) is 16.3 Å². The van der Waals surface area contributed by atoms with Gasteiger partial charge in [-0.25, -0.2) is 0 Å². The van der Waals surface area contributed by atoms with Crippen LogP contribution < -0.4 is 14.8 Å². The highest BCUT2D eigenvalue weighted by atomic mass is 35.5. The molecule has 0 spiro atoms. The minimum atomic E-state index is -4.77. The quantitative estimate of drug-likeness (QED) is 0.680. The van der Waals surface area contributed by atoms with Gasteiger partial charge in [0, 0.05) is 11.8 Å². The minimum Gasteiger partial charge on any atom is -0.493 e. The molecule has 0 saturated heterocycles. The van der Waals surface area contributed by atoms with Crippen LogP contribution in [-0.2, 0) is 11.0 Å². The van der Waals surface area contributed by atoms with Gasteiger partial charge < -0.3 is 14.8 Å². The number of ether oxygens (including phenoxy) is 2. The molecule has 28 heavy (non-hydrogen) atoms. The molecule has 0 bridgehead atoms. The Morgan fingerprint density at radius 3 is 2.43 bits per heavy atom. The third kappa shape index (κ3) is 4.64. The number of amides is 1. The number of nitrogens with one attached hydrogen (secondary N) is 1. The second kappa shape index (κ2) is 8.21. The Morgan fingerprint density at radius 1 is 1.29 bits per heavy atom. The molecule has 0 aliphatic carbocycles. The van der Waals surface area contributed by atoms with E-state index < -0.39 is 35.5 Å². The molecule has 2 aromatic rings. The van der Waals surface area contributed by atoms with E-state index in [0.29, 0.717) is 0 Å². The first-order valence-corrected chi connectivity index (χ1v) is 8.09. The number of carbonyl (C=O) groups excluding carboxylic acids is 1. The van der Waals surface area contributed by atoms with Crippen LogP contribution in [0.2, 0.25) is 5.02 Å². The Hall–Kier alpha value is -2.56. The number of hydrogen-bond acceptors (Lipinski definition) is 4. The average molecular weight is 428 g/mol. The summed E-state index contributed by atoms with van der Waals surface area (Å²) in [6.07, 6.45) is -4.77. The van der Waals surface area contributed by atoms with Crippen LogP contribution in [0.1, 0.15) is 24.4 Å². The van der Waals surface area contributed by atoms with E-state index in [1.165, 1.54) is 33.1 Å². The number of anilines is 1. The molecule has 0 radical (unpaired) electrons. The summed E-state index contributed by atoms with van der Waals surface area (Å²) in [6.45, 7) is -0.435. The fraction of sp³-hybridized carbons (Fsp3) is 0.375. The molecular weight excluding hydrogens is 413 g/mol. The Labute approximate surface area is 161 Å². The number of benzene rings is 1. The van der Waals surface area contributed by atoms with Crippen molar-refractivity contribution in [2.75, 3.05) is 12.4 Å². The van der Waals surface area contributed by atoms with Gasteiger partial charge in [-0.2, -0.15) is 27.1 Å². The zero-order valence-corrected chi connectivity index (χ0v) is 15.5. The summed E-state index contributed by atoms with van der Waals surface area (Å²) in [5, 5.41) is 5.24. The van der Waals surface area contributed by atoms with Gasteiger partial charge in [0.05, 0.1) is 17.8 Å². The van der Waals surface area contributed by atoms with Crippen molar-refractivity contribution in [1.82, 2.24) is 9.78 Å². The molecule has 1 N–H and O–H groups in total. The lowest BCUT2D eigenvalue weighted by Gasteiger charge is -2.16. The lowest BCUT2D eigenvalue weighted by Crippen LogP contribution is -2.25. The van der Waals surface area contributed by atoms with Crippen LogP contribution in [0.4, 0.5) is 27.6 Å². The molecule has 0 fully saturated rings. The molecule has 0 aliphatic rings. The maximum absolute atomic E-state index is 12.9. The van der Waals surface area contributed by atoms with E-state index in [2.05, 4.69) is 15.2 Å². The number of carbonyl (C=O) groups is 1. The van der Waals surface area contributed by atoms with E-state index in [1.807, 2.05) is 0 Å². The predicted molar refractivity (Wildman–Crippen MR) is 89.9 cm³/mol. The van der Waals surface area contributed by atoms with Crippen molar-refractivity contribution < 1.29 is 36.2 Å². The van der Waals surface area contributed by atoms with E-state index in [1.54, 1.807) is 0 Å². The molecule has 1 aromatic heterocycles. The second-order valence-electron chi connectivity index (χ2n) is 5.60. The van der Waals surface area contributed by atoms with Gasteiger partial charge in [0.15, 0.2) is 17.2 Å². The first-order chi connectivity index (χ1) is 13.0. The van der Waals surface area contributed by atoms with E-state index >= 15 is 0 Å². The summed E-state index contributed by atoms with van der Waals surface area (Å²) in [5.74, 6) is -1.02. The van der Waals surface area contributed by atoms with Crippen LogP contribution >= 0.6 is 11.6 Å². The van der Waals surface area contributed by atoms with E-state index in [9.17, 15) is 26.7 Å². The van der Waals surface area contributed by atoms with Gasteiger partial charge in [-0.1, -0.05) is 11.6 Å². The van der Waals surface area contributed by atoms with Crippen LogP contribution in [-0.4, -0.2) is 29.4 Å². The highest BCUT2D eigenvalue weighted by Gasteiger charge is 2.39. The smallest absolute Gasteiger partial charge is 0.436 e. The first-order valence-electron chi connectivity index (χ1n) is 7.71. The molecule has 0 aliphatic heterocycles. The van der Waals surface area contributed by atoms with Crippen LogP contribution in [0.3, 0.4) is 0 Å². The maximum Gasteiger partial charge on any atom is 0.436 e. The Balaban J connectivity index is 2.24. The van der Waals surface area contributed by atoms with Gasteiger partial charge in [0.1, 0.15) is 6.04 Å². The normalized spacial score (nSPS) is 12.8. The number of nitrogens with zero attached hydrogens (tertiary/aromatic N) is 2. The summed E-state index contributed by atoms with van der Waals surface area (Å²) >= 11 is 5.68. The molecule has 154 valence electrons. The highest BCUT2D eigenvalue weighted by molar-refractivity contribution is 6.32. The highest BCUT2D eigenvalue weighted by Crippen LogP contribution is 2.36. The van der Waals surface area contributed by atoms with Crippen LogP contribution in [0.15, 0.2) is 18.2 Å². The molecule has 1 unspecified atom stereocenters. The largest absolute Gasteiger partial charge is 0.493 e. The fourth-order valence-corrected chi connectivity index (χ4v) is 2.58. The van der Waals surface area contributed by atoms with Crippen molar-refractivity contribution in [2.45, 2.75) is 32.7 Å². The maximum atomic E-state index is 12.9. The molecule has 1 atom stereocenters. The Morgan fingerprint density at radius 2 is 1.93 bits per heavy atom. The van der Waals surface area contributed by atoms with Crippen molar-refractivity contribution in [3.8, 4) is 11.5 Å². The van der Waals surface area contributed by atoms with Crippen molar-refractivity contribution in [3.63, 3.8) is 0 Å². The number of aromatic nitrogens is 2. The molecular formula is C16H15ClF5N3O3. The van der Waals surface area contributed by atoms with Crippen LogP contribution in [0, 0.1) is 6.92 Å². The number of halogens is 6. The Bertz CT molecular complexity index is 870. The summed E-state index contributed by atoms with van der Waals surface area (Å²) in [4.78, 5) is 12.4. The van der Waals surface area contributed by atoms with Gasteiger partial charge in [0.2, 0.25) is 5.91 Å². The minimum absolute atomic E-state index is 0.0325. The van der Waals surface area contributed by atoms with Crippen molar-refractivity contribution in [3.05, 3.63) is 34.6 Å². The van der Waals surface area contributed by atoms with Crippen LogP contribution in [0.25, 0.3) is 0 Å². The summed E-state index contributed by atoms with van der Waals surface area (Å²) in [7, 11) is 1.22. The van der Waals surface area contributed by atoms with E-state index in [0.717, 1.165) is 10.7 Å². The topological polar surface area (TPSA) is 65.4 Å². The fourth-order valence-electron chi connectivity index (χ4n) is 2.35. The van der Waals surface area contributed by atoms with Gasteiger partial charge in [-0.3, -0.25) is 9.48 Å². The number of methoxy groups -OCH3 is 1. The average Bonchev–Trinajstić information content (AvgIpc) is 2.90. The Kier molecular flexibility index (Phi) is 6.37. The lowest BCUT2D eigenvalue weighted by molar-refractivity contribution is -0.141. The van der Waals surface area contributed by atoms with Crippen LogP contribution in [0.5, 0.6) is 11.5 Å². The second-order valence-corrected chi connectivity index (χ2v) is 5.98. The lowest BCUT2D eigenvalue weighted by atomic mass is 10.2. The molecule has 0 saturated carbocycles. The third-order valence-electron chi connectivity index (χ3n) is 3.74. The summed E-state index contributed by atoms with van der Waals surface area (Å²) < 4.78 is 73.5. The number of rotatable bonds is 6. The summed E-state index contributed by atoms with van der Waals surface area (Å²) in [5.41, 5.74) is -1.17. The first kappa shape index (κ1) is 21.7. The van der Waals surface area contributed by atoms with Gasteiger partial charge >= 0.3 is 12.8 Å². The van der Waals surface area contributed by atoms with Crippen molar-refractivity contribution in [1.29, 1.82) is 0 Å². The SMILES string of the molecule is COc1cc(NC(=O)C(C)n2nc(C(F)(F)F)c(Cl)c2C)ccc1OC(F)F. The third-order valence-corrected chi connectivity index (χ3v) is 4.19. The zero-order chi connectivity index (χ0) is 21.2. The zero-order valence-electron chi connectivity index (χ0n) is 14.8. The molecule has 12 heteroatoms. The number of hydrogen-bond donors (Lipinski definition) is 1. The summed E-state index contributed by atoms with van der Waals surface area (Å²) in [6, 6.07) is 2.52. The molecule has 1 aromatic carbocycles. The van der Waals surface area contributed by atoms with Gasteiger partial charge in [0.25, 0.3) is 0 Å². The molecule has 1 amide bonds. The standard InChI is InChI=1S/C16H15ClF5N3O3/c1-7-12(17)13(16(20,21)22)24-25(7)8(2)14(26)23-9-4-5-10(28-15(18)19)11(6-9)27-3/h4-6,8,15H,1-3H3,(H,23,26). The molecule has 2 rings (SSSR count). The van der Waals surface area contributed by atoms with Gasteiger partial charge in [-0.05, 0) is 26.0 Å². The van der Waals surface area contributed by atoms with Crippen molar-refractivity contribution >= 4 is 23.2 Å². The molecule has 6 nitrogen and oxygen atoms in total. The predicted octanol–water partition coefficient (Wildman–Crippen LogP) is 4.67. The molecule has 1 heterocycles.